The van der Waals surface area contributed by atoms with Crippen LogP contribution in [0.25, 0.3) is 11.0 Å². The van der Waals surface area contributed by atoms with Gasteiger partial charge in [0.1, 0.15) is 0 Å². The van der Waals surface area contributed by atoms with Gasteiger partial charge in [-0.3, -0.25) is 0 Å². The number of nitrogens with one attached hydrogen (secondary N) is 1. The molecule has 0 aliphatic rings. The summed E-state index contributed by atoms with van der Waals surface area (Å²) in [6, 6.07) is 8.25. The van der Waals surface area contributed by atoms with Crippen LogP contribution in [0.5, 0.6) is 0 Å². The van der Waals surface area contributed by atoms with Crippen LogP contribution in [-0.2, 0) is 11.3 Å². The fourth-order valence-corrected chi connectivity index (χ4v) is 2.11. The molecule has 4 heteroatoms. The minimum absolute atomic E-state index is 0.821. The SMILES string of the molecule is CCOCCCCNCCn1cnc2ccccc21. The number of aromatic nitrogens is 2. The van der Waals surface area contributed by atoms with E-state index in [1.165, 1.54) is 11.9 Å². The summed E-state index contributed by atoms with van der Waals surface area (Å²) in [5, 5.41) is 3.46. The molecule has 2 rings (SSSR count). The van der Waals surface area contributed by atoms with Crippen molar-refractivity contribution in [1.82, 2.24) is 14.9 Å². The second-order valence-corrected chi connectivity index (χ2v) is 4.58. The van der Waals surface area contributed by atoms with Crippen molar-refractivity contribution < 1.29 is 4.74 Å². The Morgan fingerprint density at radius 2 is 2.11 bits per heavy atom. The molecule has 0 fully saturated rings. The van der Waals surface area contributed by atoms with Crippen LogP contribution in [0.4, 0.5) is 0 Å². The first-order valence-electron chi connectivity index (χ1n) is 7.10. The first-order chi connectivity index (χ1) is 9.42. The van der Waals surface area contributed by atoms with Gasteiger partial charge in [-0.2, -0.15) is 0 Å². The van der Waals surface area contributed by atoms with Gasteiger partial charge in [-0.25, -0.2) is 4.98 Å². The fraction of sp³-hybridized carbons (Fsp3) is 0.533. The molecule has 4 nitrogen and oxygen atoms in total. The Bertz CT molecular complexity index is 481. The summed E-state index contributed by atoms with van der Waals surface area (Å²) >= 11 is 0. The van der Waals surface area contributed by atoms with Gasteiger partial charge in [0.2, 0.25) is 0 Å². The zero-order valence-corrected chi connectivity index (χ0v) is 11.6. The van der Waals surface area contributed by atoms with Gasteiger partial charge in [0.15, 0.2) is 0 Å². The molecule has 19 heavy (non-hydrogen) atoms. The van der Waals surface area contributed by atoms with Crippen molar-refractivity contribution in [2.45, 2.75) is 26.3 Å². The number of nitrogens with zero attached hydrogens (tertiary/aromatic N) is 2. The van der Waals surface area contributed by atoms with E-state index in [4.69, 9.17) is 4.74 Å². The number of unbranched alkanes of at least 4 members (excludes halogenated alkanes) is 1. The van der Waals surface area contributed by atoms with Gasteiger partial charge in [0.05, 0.1) is 17.4 Å². The fourth-order valence-electron chi connectivity index (χ4n) is 2.11. The third-order valence-corrected chi connectivity index (χ3v) is 3.15. The third-order valence-electron chi connectivity index (χ3n) is 3.15. The van der Waals surface area contributed by atoms with E-state index in [-0.39, 0.29) is 0 Å². The van der Waals surface area contributed by atoms with E-state index in [1.807, 2.05) is 25.4 Å². The molecule has 0 unspecified atom stereocenters. The number of rotatable bonds is 9. The first kappa shape index (κ1) is 14.0. The van der Waals surface area contributed by atoms with Gasteiger partial charge in [-0.05, 0) is 38.4 Å². The Kier molecular flexibility index (Phi) is 5.85. The lowest BCUT2D eigenvalue weighted by Gasteiger charge is -2.06. The zero-order valence-electron chi connectivity index (χ0n) is 11.6. The lowest BCUT2D eigenvalue weighted by atomic mass is 10.3. The number of benzene rings is 1. The number of para-hydroxylation sites is 2. The predicted octanol–water partition coefficient (Wildman–Crippen LogP) is 2.44. The summed E-state index contributed by atoms with van der Waals surface area (Å²) in [6.07, 6.45) is 4.22. The average molecular weight is 261 g/mol. The highest BCUT2D eigenvalue weighted by Crippen LogP contribution is 2.10. The topological polar surface area (TPSA) is 39.1 Å². The van der Waals surface area contributed by atoms with Crippen molar-refractivity contribution >= 4 is 11.0 Å². The lowest BCUT2D eigenvalue weighted by molar-refractivity contribution is 0.143. The molecular formula is C15H23N3O. The third kappa shape index (κ3) is 4.33. The Morgan fingerprint density at radius 3 is 3.00 bits per heavy atom. The summed E-state index contributed by atoms with van der Waals surface area (Å²) in [7, 11) is 0. The highest BCUT2D eigenvalue weighted by Gasteiger charge is 2.00. The lowest BCUT2D eigenvalue weighted by Crippen LogP contribution is -2.21. The second-order valence-electron chi connectivity index (χ2n) is 4.58. The second kappa shape index (κ2) is 7.92. The van der Waals surface area contributed by atoms with E-state index >= 15 is 0 Å². The van der Waals surface area contributed by atoms with E-state index in [0.29, 0.717) is 0 Å². The molecule has 104 valence electrons. The normalized spacial score (nSPS) is 11.2. The number of ether oxygens (including phenoxy) is 1. The zero-order chi connectivity index (χ0) is 13.3. The molecule has 1 aromatic heterocycles. The molecular weight excluding hydrogens is 238 g/mol. The molecule has 0 saturated carbocycles. The molecule has 0 spiro atoms. The number of hydrogen-bond acceptors (Lipinski definition) is 3. The highest BCUT2D eigenvalue weighted by molar-refractivity contribution is 5.74. The van der Waals surface area contributed by atoms with Crippen LogP contribution in [0.15, 0.2) is 30.6 Å². The maximum Gasteiger partial charge on any atom is 0.0958 e. The highest BCUT2D eigenvalue weighted by atomic mass is 16.5. The van der Waals surface area contributed by atoms with Crippen molar-refractivity contribution in [3.63, 3.8) is 0 Å². The number of imidazole rings is 1. The molecule has 1 N–H and O–H groups in total. The van der Waals surface area contributed by atoms with E-state index in [0.717, 1.165) is 44.8 Å². The van der Waals surface area contributed by atoms with Gasteiger partial charge >= 0.3 is 0 Å². The van der Waals surface area contributed by atoms with Crippen molar-refractivity contribution in [1.29, 1.82) is 0 Å². The van der Waals surface area contributed by atoms with Gasteiger partial charge in [-0.1, -0.05) is 12.1 Å². The maximum atomic E-state index is 5.31. The molecule has 0 saturated heterocycles. The molecule has 0 aliphatic heterocycles. The van der Waals surface area contributed by atoms with E-state index in [2.05, 4.69) is 27.0 Å². The van der Waals surface area contributed by atoms with Crippen LogP contribution < -0.4 is 5.32 Å². The molecule has 2 aromatic rings. The molecule has 1 aromatic carbocycles. The van der Waals surface area contributed by atoms with E-state index in [9.17, 15) is 0 Å². The Balaban J connectivity index is 1.63. The quantitative estimate of drug-likeness (QED) is 0.705. The summed E-state index contributed by atoms with van der Waals surface area (Å²) < 4.78 is 7.50. The van der Waals surface area contributed by atoms with Crippen molar-refractivity contribution in [3.05, 3.63) is 30.6 Å². The van der Waals surface area contributed by atoms with Gasteiger partial charge in [-0.15, -0.1) is 0 Å². The van der Waals surface area contributed by atoms with Crippen LogP contribution >= 0.6 is 0 Å². The number of hydrogen-bond donors (Lipinski definition) is 1. The average Bonchev–Trinajstić information content (AvgIpc) is 2.85. The van der Waals surface area contributed by atoms with E-state index < -0.39 is 0 Å². The minimum Gasteiger partial charge on any atom is -0.382 e. The Morgan fingerprint density at radius 1 is 1.21 bits per heavy atom. The van der Waals surface area contributed by atoms with Crippen LogP contribution in [0.2, 0.25) is 0 Å². The largest absolute Gasteiger partial charge is 0.382 e. The predicted molar refractivity (Wildman–Crippen MR) is 78.3 cm³/mol. The van der Waals surface area contributed by atoms with Crippen molar-refractivity contribution in [2.24, 2.45) is 0 Å². The smallest absolute Gasteiger partial charge is 0.0958 e. The van der Waals surface area contributed by atoms with E-state index in [1.54, 1.807) is 0 Å². The number of fused-ring (bicyclic) bond motifs is 1. The summed E-state index contributed by atoms with van der Waals surface area (Å²) in [5.74, 6) is 0. The van der Waals surface area contributed by atoms with Gasteiger partial charge in [0.25, 0.3) is 0 Å². The van der Waals surface area contributed by atoms with Crippen molar-refractivity contribution in [3.8, 4) is 0 Å². The Labute approximate surface area is 114 Å². The Hall–Kier alpha value is -1.39. The maximum absolute atomic E-state index is 5.31. The monoisotopic (exact) mass is 261 g/mol. The molecule has 0 bridgehead atoms. The van der Waals surface area contributed by atoms with Crippen molar-refractivity contribution in [2.75, 3.05) is 26.3 Å². The van der Waals surface area contributed by atoms with Crippen LogP contribution in [0.3, 0.4) is 0 Å². The molecule has 0 atom stereocenters. The summed E-state index contributed by atoms with van der Waals surface area (Å²) in [5.41, 5.74) is 2.28. The van der Waals surface area contributed by atoms with Crippen LogP contribution in [0.1, 0.15) is 19.8 Å². The van der Waals surface area contributed by atoms with Crippen LogP contribution in [0, 0.1) is 0 Å². The molecule has 0 radical (unpaired) electrons. The first-order valence-corrected chi connectivity index (χ1v) is 7.10. The molecule has 1 heterocycles. The molecule has 0 aliphatic carbocycles. The summed E-state index contributed by atoms with van der Waals surface area (Å²) in [6.45, 7) is 6.74. The summed E-state index contributed by atoms with van der Waals surface area (Å²) in [4.78, 5) is 4.39. The van der Waals surface area contributed by atoms with Crippen LogP contribution in [-0.4, -0.2) is 35.9 Å². The molecule has 0 amide bonds. The standard InChI is InChI=1S/C15H23N3O/c1-2-19-12-6-5-9-16-10-11-18-13-17-14-7-3-4-8-15(14)18/h3-4,7-8,13,16H,2,5-6,9-12H2,1H3. The van der Waals surface area contributed by atoms with Gasteiger partial charge < -0.3 is 14.6 Å². The minimum atomic E-state index is 0.821. The van der Waals surface area contributed by atoms with Gasteiger partial charge in [0, 0.05) is 26.3 Å².